The number of amides is 3. The second kappa shape index (κ2) is 10.8. The molecule has 1 aliphatic heterocycles. The molecule has 8 heteroatoms. The smallest absolute Gasteiger partial charge is 0.319 e. The lowest BCUT2D eigenvalue weighted by Crippen LogP contribution is -2.44. The summed E-state index contributed by atoms with van der Waals surface area (Å²) in [7, 11) is 3.44. The fourth-order valence-electron chi connectivity index (χ4n) is 4.16. The molecule has 0 radical (unpaired) electrons. The summed E-state index contributed by atoms with van der Waals surface area (Å²) in [6, 6.07) is 5.31. The highest BCUT2D eigenvalue weighted by molar-refractivity contribution is 5.99. The lowest BCUT2D eigenvalue weighted by Gasteiger charge is -2.30. The standard InChI is InChI=1S/C23H36N4O4/c1-15-12-24-16(2)14-31-20-10-9-18(26-23(29)25-17-7-5-6-8-17)11-19(20)22(28)27(3)13-21(15)30-4/h9-11,15-17,21,24H,5-8,12-14H2,1-4H3,(H2,25,26,29)/t15-,16+,21-/m0/s1. The molecule has 1 saturated carbocycles. The Bertz CT molecular complexity index is 766. The second-order valence-corrected chi connectivity index (χ2v) is 8.85. The fourth-order valence-corrected chi connectivity index (χ4v) is 4.16. The number of nitrogens with zero attached hydrogens (tertiary/aromatic N) is 1. The average molecular weight is 433 g/mol. The zero-order valence-corrected chi connectivity index (χ0v) is 19.1. The van der Waals surface area contributed by atoms with Crippen LogP contribution in [0.1, 0.15) is 49.9 Å². The molecule has 1 fully saturated rings. The van der Waals surface area contributed by atoms with E-state index >= 15 is 0 Å². The minimum absolute atomic E-state index is 0.0871. The summed E-state index contributed by atoms with van der Waals surface area (Å²) in [5.41, 5.74) is 0.992. The van der Waals surface area contributed by atoms with Gasteiger partial charge in [0, 0.05) is 45.0 Å². The van der Waals surface area contributed by atoms with Crippen molar-refractivity contribution in [2.75, 3.05) is 39.2 Å². The molecule has 8 nitrogen and oxygen atoms in total. The molecule has 3 rings (SSSR count). The highest BCUT2D eigenvalue weighted by Crippen LogP contribution is 2.26. The molecule has 0 bridgehead atoms. The third kappa shape index (κ3) is 6.33. The Kier molecular flexibility index (Phi) is 8.15. The Balaban J connectivity index is 1.80. The van der Waals surface area contributed by atoms with Gasteiger partial charge in [-0.3, -0.25) is 4.79 Å². The third-order valence-corrected chi connectivity index (χ3v) is 6.17. The minimum atomic E-state index is -0.243. The van der Waals surface area contributed by atoms with E-state index in [4.69, 9.17) is 9.47 Å². The summed E-state index contributed by atoms with van der Waals surface area (Å²) in [5.74, 6) is 0.578. The van der Waals surface area contributed by atoms with Crippen LogP contribution in [0.15, 0.2) is 18.2 Å². The molecule has 31 heavy (non-hydrogen) atoms. The van der Waals surface area contributed by atoms with Crippen LogP contribution in [-0.4, -0.2) is 68.9 Å². The molecule has 1 aromatic carbocycles. The van der Waals surface area contributed by atoms with Gasteiger partial charge < -0.3 is 30.3 Å². The van der Waals surface area contributed by atoms with E-state index in [2.05, 4.69) is 29.8 Å². The molecule has 0 aromatic heterocycles. The van der Waals surface area contributed by atoms with Crippen molar-refractivity contribution in [3.05, 3.63) is 23.8 Å². The maximum absolute atomic E-state index is 13.3. The number of benzene rings is 1. The SMILES string of the molecule is CO[C@H]1CN(C)C(=O)c2cc(NC(=O)NC3CCCC3)ccc2OC[C@@H](C)NC[C@@H]1C. The van der Waals surface area contributed by atoms with Gasteiger partial charge in [0.15, 0.2) is 0 Å². The van der Waals surface area contributed by atoms with Crippen LogP contribution in [-0.2, 0) is 4.74 Å². The maximum atomic E-state index is 13.3. The summed E-state index contributed by atoms with van der Waals surface area (Å²) in [6.45, 7) is 5.83. The van der Waals surface area contributed by atoms with Gasteiger partial charge in [0.05, 0.1) is 11.7 Å². The zero-order chi connectivity index (χ0) is 22.4. The number of anilines is 1. The average Bonchev–Trinajstić information content (AvgIpc) is 3.26. The van der Waals surface area contributed by atoms with Crippen molar-refractivity contribution in [2.45, 2.75) is 57.7 Å². The van der Waals surface area contributed by atoms with Gasteiger partial charge in [-0.2, -0.15) is 0 Å². The van der Waals surface area contributed by atoms with Crippen LogP contribution >= 0.6 is 0 Å². The van der Waals surface area contributed by atoms with Crippen LogP contribution in [0.25, 0.3) is 0 Å². The number of nitrogens with one attached hydrogen (secondary N) is 3. The van der Waals surface area contributed by atoms with Gasteiger partial charge in [-0.1, -0.05) is 19.8 Å². The van der Waals surface area contributed by atoms with Crippen LogP contribution in [0.4, 0.5) is 10.5 Å². The second-order valence-electron chi connectivity index (χ2n) is 8.85. The number of likely N-dealkylation sites (N-methyl/N-ethyl adjacent to an activating group) is 1. The number of rotatable bonds is 3. The molecule has 2 aliphatic rings. The van der Waals surface area contributed by atoms with E-state index in [9.17, 15) is 9.59 Å². The molecule has 3 N–H and O–H groups in total. The molecule has 0 unspecified atom stereocenters. The van der Waals surface area contributed by atoms with E-state index in [1.807, 2.05) is 0 Å². The van der Waals surface area contributed by atoms with Crippen molar-refractivity contribution in [1.29, 1.82) is 0 Å². The van der Waals surface area contributed by atoms with E-state index in [1.54, 1.807) is 37.3 Å². The first-order valence-corrected chi connectivity index (χ1v) is 11.2. The number of hydrogen-bond donors (Lipinski definition) is 3. The Morgan fingerprint density at radius 3 is 2.71 bits per heavy atom. The maximum Gasteiger partial charge on any atom is 0.319 e. The molecule has 1 aromatic rings. The first-order chi connectivity index (χ1) is 14.9. The van der Waals surface area contributed by atoms with Crippen molar-refractivity contribution in [1.82, 2.24) is 15.5 Å². The highest BCUT2D eigenvalue weighted by atomic mass is 16.5. The minimum Gasteiger partial charge on any atom is -0.491 e. The van der Waals surface area contributed by atoms with Gasteiger partial charge in [-0.25, -0.2) is 4.79 Å². The molecular weight excluding hydrogens is 396 g/mol. The quantitative estimate of drug-likeness (QED) is 0.683. The molecule has 0 saturated heterocycles. The van der Waals surface area contributed by atoms with Gasteiger partial charge >= 0.3 is 6.03 Å². The van der Waals surface area contributed by atoms with Gasteiger partial charge in [0.1, 0.15) is 12.4 Å². The Morgan fingerprint density at radius 2 is 2.00 bits per heavy atom. The van der Waals surface area contributed by atoms with Crippen LogP contribution in [0.2, 0.25) is 0 Å². The third-order valence-electron chi connectivity index (χ3n) is 6.17. The van der Waals surface area contributed by atoms with Crippen molar-refractivity contribution in [3.63, 3.8) is 0 Å². The summed E-state index contributed by atoms with van der Waals surface area (Å²) in [6.07, 6.45) is 4.24. The molecule has 3 atom stereocenters. The van der Waals surface area contributed by atoms with Gasteiger partial charge in [-0.15, -0.1) is 0 Å². The van der Waals surface area contributed by atoms with Crippen LogP contribution in [0, 0.1) is 5.92 Å². The van der Waals surface area contributed by atoms with Gasteiger partial charge in [0.2, 0.25) is 0 Å². The van der Waals surface area contributed by atoms with E-state index in [0.717, 1.165) is 32.2 Å². The lowest BCUT2D eigenvalue weighted by atomic mass is 10.0. The first-order valence-electron chi connectivity index (χ1n) is 11.2. The summed E-state index contributed by atoms with van der Waals surface area (Å²) < 4.78 is 11.6. The Hall–Kier alpha value is -2.32. The van der Waals surface area contributed by atoms with E-state index in [0.29, 0.717) is 30.2 Å². The number of carbonyl (C=O) groups is 2. The van der Waals surface area contributed by atoms with E-state index in [1.165, 1.54) is 0 Å². The predicted molar refractivity (Wildman–Crippen MR) is 121 cm³/mol. The normalized spacial score (nSPS) is 25.7. The Labute approximate surface area is 185 Å². The number of ether oxygens (including phenoxy) is 2. The van der Waals surface area contributed by atoms with Crippen LogP contribution in [0.5, 0.6) is 5.75 Å². The predicted octanol–water partition coefficient (Wildman–Crippen LogP) is 2.84. The lowest BCUT2D eigenvalue weighted by molar-refractivity contribution is 0.0281. The number of fused-ring (bicyclic) bond motifs is 1. The largest absolute Gasteiger partial charge is 0.491 e. The van der Waals surface area contributed by atoms with Crippen molar-refractivity contribution >= 4 is 17.6 Å². The van der Waals surface area contributed by atoms with Crippen LogP contribution in [0.3, 0.4) is 0 Å². The Morgan fingerprint density at radius 1 is 1.26 bits per heavy atom. The molecule has 3 amide bonds. The molecule has 172 valence electrons. The summed E-state index contributed by atoms with van der Waals surface area (Å²) in [5, 5.41) is 9.34. The van der Waals surface area contributed by atoms with Crippen LogP contribution < -0.4 is 20.7 Å². The van der Waals surface area contributed by atoms with Gasteiger partial charge in [-0.05, 0) is 43.9 Å². The van der Waals surface area contributed by atoms with Crippen molar-refractivity contribution in [3.8, 4) is 5.75 Å². The molecule has 0 spiro atoms. The molecular formula is C23H36N4O4. The van der Waals surface area contributed by atoms with Crippen molar-refractivity contribution < 1.29 is 19.1 Å². The van der Waals surface area contributed by atoms with Crippen molar-refractivity contribution in [2.24, 2.45) is 5.92 Å². The number of hydrogen-bond acceptors (Lipinski definition) is 5. The van der Waals surface area contributed by atoms with Gasteiger partial charge in [0.25, 0.3) is 5.91 Å². The first kappa shape index (κ1) is 23.3. The molecule has 1 aliphatic carbocycles. The number of urea groups is 1. The van der Waals surface area contributed by atoms with E-state index in [-0.39, 0.29) is 36.0 Å². The summed E-state index contributed by atoms with van der Waals surface area (Å²) in [4.78, 5) is 27.3. The highest BCUT2D eigenvalue weighted by Gasteiger charge is 2.26. The zero-order valence-electron chi connectivity index (χ0n) is 19.1. The van der Waals surface area contributed by atoms with E-state index < -0.39 is 0 Å². The number of methoxy groups -OCH3 is 1. The number of carbonyl (C=O) groups excluding carboxylic acids is 2. The summed E-state index contributed by atoms with van der Waals surface area (Å²) >= 11 is 0. The molecule has 1 heterocycles. The monoisotopic (exact) mass is 432 g/mol. The topological polar surface area (TPSA) is 91.9 Å². The fraction of sp³-hybridized carbons (Fsp3) is 0.652.